The van der Waals surface area contributed by atoms with Crippen molar-refractivity contribution in [1.82, 2.24) is 15.5 Å². The summed E-state index contributed by atoms with van der Waals surface area (Å²) in [5.41, 5.74) is 0.370. The van der Waals surface area contributed by atoms with Gasteiger partial charge in [0.15, 0.2) is 0 Å². The first-order chi connectivity index (χ1) is 10.9. The number of hydrogen-bond acceptors (Lipinski definition) is 4. The molecule has 1 aliphatic heterocycles. The van der Waals surface area contributed by atoms with Crippen molar-refractivity contribution in [3.05, 3.63) is 28.8 Å². The molecular formula is C16H22ClN3O3. The lowest BCUT2D eigenvalue weighted by molar-refractivity contribution is -0.121. The smallest absolute Gasteiger partial charge is 0.251 e. The Bertz CT molecular complexity index is 594. The SMILES string of the molecule is CNC(=O)C[C@H]1CC[C@@H](CNC(=O)c2ccc(Cl)c(O)c2)N1C. The lowest BCUT2D eigenvalue weighted by Gasteiger charge is -2.25. The van der Waals surface area contributed by atoms with E-state index in [9.17, 15) is 14.7 Å². The number of nitrogens with one attached hydrogen (secondary N) is 2. The average molecular weight is 340 g/mol. The van der Waals surface area contributed by atoms with Crippen LogP contribution in [0.3, 0.4) is 0 Å². The van der Waals surface area contributed by atoms with Gasteiger partial charge < -0.3 is 15.7 Å². The van der Waals surface area contributed by atoms with E-state index < -0.39 is 0 Å². The molecule has 0 spiro atoms. The Morgan fingerprint density at radius 3 is 2.70 bits per heavy atom. The fourth-order valence-corrected chi connectivity index (χ4v) is 2.98. The summed E-state index contributed by atoms with van der Waals surface area (Å²) in [6.07, 6.45) is 2.35. The number of aromatic hydroxyl groups is 1. The Labute approximate surface area is 140 Å². The molecule has 2 rings (SSSR count). The van der Waals surface area contributed by atoms with Crippen LogP contribution in [0.2, 0.25) is 5.02 Å². The Balaban J connectivity index is 1.87. The fraction of sp³-hybridized carbons (Fsp3) is 0.500. The third-order valence-corrected chi connectivity index (χ3v) is 4.71. The molecule has 3 N–H and O–H groups in total. The summed E-state index contributed by atoms with van der Waals surface area (Å²) in [7, 11) is 3.61. The van der Waals surface area contributed by atoms with Gasteiger partial charge in [0.25, 0.3) is 5.91 Å². The van der Waals surface area contributed by atoms with E-state index in [-0.39, 0.29) is 34.7 Å². The van der Waals surface area contributed by atoms with E-state index in [1.165, 1.54) is 12.1 Å². The van der Waals surface area contributed by atoms with Crippen molar-refractivity contribution in [3.8, 4) is 5.75 Å². The maximum absolute atomic E-state index is 12.1. The number of phenolic OH excluding ortho intramolecular Hbond substituents is 1. The first kappa shape index (κ1) is 17.6. The van der Waals surface area contributed by atoms with Gasteiger partial charge in [-0.15, -0.1) is 0 Å². The van der Waals surface area contributed by atoms with Crippen LogP contribution in [0.1, 0.15) is 29.6 Å². The highest BCUT2D eigenvalue weighted by Crippen LogP contribution is 2.25. The van der Waals surface area contributed by atoms with Crippen LogP contribution in [0.4, 0.5) is 0 Å². The summed E-state index contributed by atoms with van der Waals surface area (Å²) in [6.45, 7) is 0.503. The standard InChI is InChI=1S/C16H22ClN3O3/c1-18-15(22)8-11-4-5-12(20(11)2)9-19-16(23)10-3-6-13(17)14(21)7-10/h3,6-7,11-12,21H,4-5,8-9H2,1-2H3,(H,18,22)(H,19,23)/t11-,12+/m1/s1. The summed E-state index contributed by atoms with van der Waals surface area (Å²) < 4.78 is 0. The minimum Gasteiger partial charge on any atom is -0.506 e. The van der Waals surface area contributed by atoms with Crippen LogP contribution >= 0.6 is 11.6 Å². The van der Waals surface area contributed by atoms with Crippen LogP contribution in [0, 0.1) is 0 Å². The van der Waals surface area contributed by atoms with E-state index in [2.05, 4.69) is 15.5 Å². The molecule has 2 amide bonds. The predicted molar refractivity (Wildman–Crippen MR) is 88.7 cm³/mol. The number of carbonyl (C=O) groups is 2. The van der Waals surface area contributed by atoms with Crippen LogP contribution in [0.25, 0.3) is 0 Å². The molecule has 1 fully saturated rings. The summed E-state index contributed by atoms with van der Waals surface area (Å²) in [6, 6.07) is 4.83. The van der Waals surface area contributed by atoms with Crippen molar-refractivity contribution in [2.24, 2.45) is 0 Å². The molecule has 0 bridgehead atoms. The molecule has 7 heteroatoms. The zero-order valence-corrected chi connectivity index (χ0v) is 14.1. The molecule has 23 heavy (non-hydrogen) atoms. The van der Waals surface area contributed by atoms with Crippen molar-refractivity contribution in [2.75, 3.05) is 20.6 Å². The normalized spacial score (nSPS) is 21.2. The third-order valence-electron chi connectivity index (χ3n) is 4.39. The highest BCUT2D eigenvalue weighted by atomic mass is 35.5. The van der Waals surface area contributed by atoms with Gasteiger partial charge in [0.1, 0.15) is 5.75 Å². The van der Waals surface area contributed by atoms with Gasteiger partial charge in [-0.05, 0) is 38.1 Å². The zero-order valence-electron chi connectivity index (χ0n) is 13.3. The number of benzene rings is 1. The van der Waals surface area contributed by atoms with Crippen molar-refractivity contribution in [3.63, 3.8) is 0 Å². The first-order valence-electron chi connectivity index (χ1n) is 7.61. The Morgan fingerprint density at radius 1 is 1.35 bits per heavy atom. The van der Waals surface area contributed by atoms with Crippen LogP contribution in [0.5, 0.6) is 5.75 Å². The van der Waals surface area contributed by atoms with E-state index in [0.717, 1.165) is 12.8 Å². The Kier molecular flexibility index (Phi) is 5.85. The minimum atomic E-state index is -0.250. The molecular weight excluding hydrogens is 318 g/mol. The zero-order chi connectivity index (χ0) is 17.0. The summed E-state index contributed by atoms with van der Waals surface area (Å²) in [5.74, 6) is -0.328. The predicted octanol–water partition coefficient (Wildman–Crippen LogP) is 1.37. The van der Waals surface area contributed by atoms with Gasteiger partial charge in [-0.2, -0.15) is 0 Å². The number of carbonyl (C=O) groups excluding carboxylic acids is 2. The maximum atomic E-state index is 12.1. The molecule has 1 heterocycles. The monoisotopic (exact) mass is 339 g/mol. The number of phenols is 1. The average Bonchev–Trinajstić information content (AvgIpc) is 2.88. The van der Waals surface area contributed by atoms with Crippen molar-refractivity contribution < 1.29 is 14.7 Å². The van der Waals surface area contributed by atoms with Crippen LogP contribution < -0.4 is 10.6 Å². The van der Waals surface area contributed by atoms with Gasteiger partial charge in [-0.25, -0.2) is 0 Å². The molecule has 2 atom stereocenters. The van der Waals surface area contributed by atoms with Gasteiger partial charge in [0.2, 0.25) is 5.91 Å². The largest absolute Gasteiger partial charge is 0.506 e. The lowest BCUT2D eigenvalue weighted by atomic mass is 10.1. The van der Waals surface area contributed by atoms with Crippen LogP contribution in [0.15, 0.2) is 18.2 Å². The molecule has 0 unspecified atom stereocenters. The molecule has 1 saturated heterocycles. The first-order valence-corrected chi connectivity index (χ1v) is 7.99. The van der Waals surface area contributed by atoms with Crippen molar-refractivity contribution >= 4 is 23.4 Å². The summed E-state index contributed by atoms with van der Waals surface area (Å²) in [4.78, 5) is 25.8. The summed E-state index contributed by atoms with van der Waals surface area (Å²) in [5, 5.41) is 15.3. The Morgan fingerprint density at radius 2 is 2.04 bits per heavy atom. The molecule has 0 aromatic heterocycles. The minimum absolute atomic E-state index is 0.0307. The number of halogens is 1. The second-order valence-corrected chi connectivity index (χ2v) is 6.21. The van der Waals surface area contributed by atoms with Crippen molar-refractivity contribution in [1.29, 1.82) is 0 Å². The highest BCUT2D eigenvalue weighted by molar-refractivity contribution is 6.32. The van der Waals surface area contributed by atoms with E-state index in [4.69, 9.17) is 11.6 Å². The lowest BCUT2D eigenvalue weighted by Crippen LogP contribution is -2.42. The van der Waals surface area contributed by atoms with Crippen LogP contribution in [-0.2, 0) is 4.79 Å². The van der Waals surface area contributed by atoms with Gasteiger partial charge in [0, 0.05) is 37.7 Å². The fourth-order valence-electron chi connectivity index (χ4n) is 2.86. The number of likely N-dealkylation sites (N-methyl/N-ethyl adjacent to an activating group) is 1. The number of rotatable bonds is 5. The van der Waals surface area contributed by atoms with E-state index >= 15 is 0 Å². The quantitative estimate of drug-likeness (QED) is 0.757. The maximum Gasteiger partial charge on any atom is 0.251 e. The molecule has 0 saturated carbocycles. The van der Waals surface area contributed by atoms with E-state index in [1.54, 1.807) is 13.1 Å². The molecule has 1 aromatic rings. The van der Waals surface area contributed by atoms with Gasteiger partial charge >= 0.3 is 0 Å². The molecule has 1 aliphatic rings. The second kappa shape index (κ2) is 7.66. The van der Waals surface area contributed by atoms with E-state index in [1.807, 2.05) is 7.05 Å². The highest BCUT2D eigenvalue weighted by Gasteiger charge is 2.31. The number of nitrogens with zero attached hydrogens (tertiary/aromatic N) is 1. The number of likely N-dealkylation sites (tertiary alicyclic amines) is 1. The Hall–Kier alpha value is -1.79. The van der Waals surface area contributed by atoms with Gasteiger partial charge in [-0.3, -0.25) is 14.5 Å². The molecule has 126 valence electrons. The van der Waals surface area contributed by atoms with E-state index in [0.29, 0.717) is 18.5 Å². The number of hydrogen-bond donors (Lipinski definition) is 3. The topological polar surface area (TPSA) is 81.7 Å². The molecule has 0 radical (unpaired) electrons. The molecule has 0 aliphatic carbocycles. The van der Waals surface area contributed by atoms with Crippen LogP contribution in [-0.4, -0.2) is 54.5 Å². The van der Waals surface area contributed by atoms with Gasteiger partial charge in [0.05, 0.1) is 5.02 Å². The van der Waals surface area contributed by atoms with Crippen molar-refractivity contribution in [2.45, 2.75) is 31.3 Å². The van der Waals surface area contributed by atoms with Gasteiger partial charge in [-0.1, -0.05) is 11.6 Å². The third kappa shape index (κ3) is 4.36. The summed E-state index contributed by atoms with van der Waals surface area (Å²) >= 11 is 5.73. The molecule has 6 nitrogen and oxygen atoms in total. The number of amides is 2. The second-order valence-electron chi connectivity index (χ2n) is 5.80. The molecule has 1 aromatic carbocycles.